The van der Waals surface area contributed by atoms with Gasteiger partial charge in [-0.25, -0.2) is 0 Å². The fourth-order valence-corrected chi connectivity index (χ4v) is 3.82. The van der Waals surface area contributed by atoms with Crippen molar-refractivity contribution < 1.29 is 9.26 Å². The summed E-state index contributed by atoms with van der Waals surface area (Å²) in [5.41, 5.74) is 0. The van der Waals surface area contributed by atoms with Gasteiger partial charge < -0.3 is 14.6 Å². The Morgan fingerprint density at radius 3 is 3.19 bits per heavy atom. The average molecular weight is 372 g/mol. The van der Waals surface area contributed by atoms with Crippen molar-refractivity contribution in [1.29, 1.82) is 0 Å². The predicted octanol–water partition coefficient (Wildman–Crippen LogP) is 3.43. The van der Waals surface area contributed by atoms with E-state index in [4.69, 9.17) is 9.26 Å². The Morgan fingerprint density at radius 1 is 1.52 bits per heavy atom. The van der Waals surface area contributed by atoms with Crippen molar-refractivity contribution in [3.63, 3.8) is 0 Å². The zero-order valence-electron chi connectivity index (χ0n) is 11.8. The molecular formula is C14H18BrN3O2S. The number of aromatic nitrogens is 2. The highest BCUT2D eigenvalue weighted by Crippen LogP contribution is 2.30. The van der Waals surface area contributed by atoms with Crippen molar-refractivity contribution in [3.05, 3.63) is 21.8 Å². The molecule has 0 radical (unpaired) electrons. The molecule has 1 aliphatic rings. The quantitative estimate of drug-likeness (QED) is 0.872. The van der Waals surface area contributed by atoms with Gasteiger partial charge in [-0.1, -0.05) is 12.1 Å². The number of rotatable bonds is 5. The average Bonchev–Trinajstić information content (AvgIpc) is 3.14. The monoisotopic (exact) mass is 371 g/mol. The second-order valence-corrected chi connectivity index (χ2v) is 6.94. The van der Waals surface area contributed by atoms with Gasteiger partial charge in [-0.15, -0.1) is 11.3 Å². The number of nitrogens with one attached hydrogen (secondary N) is 1. The van der Waals surface area contributed by atoms with Gasteiger partial charge in [0.25, 0.3) is 0 Å². The zero-order valence-corrected chi connectivity index (χ0v) is 14.2. The Labute approximate surface area is 136 Å². The number of hydrogen-bond donors (Lipinski definition) is 1. The highest BCUT2D eigenvalue weighted by Gasteiger charge is 2.31. The van der Waals surface area contributed by atoms with E-state index in [1.54, 1.807) is 11.3 Å². The van der Waals surface area contributed by atoms with Crippen LogP contribution in [0, 0.1) is 0 Å². The summed E-state index contributed by atoms with van der Waals surface area (Å²) < 4.78 is 12.1. The van der Waals surface area contributed by atoms with E-state index in [9.17, 15) is 0 Å². The topological polar surface area (TPSA) is 60.2 Å². The molecule has 2 aromatic rings. The van der Waals surface area contributed by atoms with Crippen molar-refractivity contribution in [1.82, 2.24) is 15.5 Å². The molecule has 1 aliphatic heterocycles. The summed E-state index contributed by atoms with van der Waals surface area (Å²) in [7, 11) is 0. The lowest BCUT2D eigenvalue weighted by atomic mass is 9.95. The zero-order chi connectivity index (χ0) is 14.7. The highest BCUT2D eigenvalue weighted by atomic mass is 79.9. The second kappa shape index (κ2) is 7.00. The van der Waals surface area contributed by atoms with Gasteiger partial charge in [0.2, 0.25) is 11.7 Å². The molecule has 2 unspecified atom stereocenters. The summed E-state index contributed by atoms with van der Waals surface area (Å²) in [6.07, 6.45) is 2.09. The first kappa shape index (κ1) is 15.1. The Kier molecular flexibility index (Phi) is 5.05. The Balaban J connectivity index is 1.77. The Morgan fingerprint density at radius 2 is 2.43 bits per heavy atom. The van der Waals surface area contributed by atoms with Gasteiger partial charge in [0.15, 0.2) is 0 Å². The van der Waals surface area contributed by atoms with Crippen LogP contribution >= 0.6 is 27.3 Å². The number of ether oxygens (including phenoxy) is 1. The van der Waals surface area contributed by atoms with Crippen LogP contribution in [0.15, 0.2) is 20.4 Å². The van der Waals surface area contributed by atoms with Gasteiger partial charge in [0, 0.05) is 22.5 Å². The smallest absolute Gasteiger partial charge is 0.234 e. The summed E-state index contributed by atoms with van der Waals surface area (Å²) in [6.45, 7) is 4.59. The third-order valence-corrected chi connectivity index (χ3v) is 5.25. The van der Waals surface area contributed by atoms with Gasteiger partial charge in [0.05, 0.1) is 17.4 Å². The minimum atomic E-state index is 0.134. The van der Waals surface area contributed by atoms with E-state index < -0.39 is 0 Å². The van der Waals surface area contributed by atoms with Crippen molar-refractivity contribution in [2.75, 3.05) is 19.8 Å². The normalized spacial score (nSPS) is 22.6. The van der Waals surface area contributed by atoms with Crippen LogP contribution in [0.4, 0.5) is 0 Å². The minimum Gasteiger partial charge on any atom is -0.381 e. The van der Waals surface area contributed by atoms with Crippen LogP contribution in [0.5, 0.6) is 0 Å². The third kappa shape index (κ3) is 3.53. The summed E-state index contributed by atoms with van der Waals surface area (Å²) in [5.74, 6) is 1.46. The molecule has 2 atom stereocenters. The SMILES string of the molecule is CCCNC1CCOCC1c1nc(-c2cc(Br)cs2)no1. The van der Waals surface area contributed by atoms with E-state index in [0.29, 0.717) is 24.4 Å². The predicted molar refractivity (Wildman–Crippen MR) is 85.6 cm³/mol. The Hall–Kier alpha value is -0.760. The minimum absolute atomic E-state index is 0.134. The van der Waals surface area contributed by atoms with Crippen molar-refractivity contribution in [2.24, 2.45) is 0 Å². The summed E-state index contributed by atoms with van der Waals surface area (Å²) in [6, 6.07) is 2.35. The first-order valence-corrected chi connectivity index (χ1v) is 8.84. The van der Waals surface area contributed by atoms with E-state index in [2.05, 4.69) is 38.3 Å². The number of thiophene rings is 1. The first-order valence-electron chi connectivity index (χ1n) is 7.17. The maximum absolute atomic E-state index is 5.59. The molecule has 0 spiro atoms. The fraction of sp³-hybridized carbons (Fsp3) is 0.571. The van der Waals surface area contributed by atoms with Crippen LogP contribution in [0.3, 0.4) is 0 Å². The van der Waals surface area contributed by atoms with Crippen molar-refractivity contribution >= 4 is 27.3 Å². The molecule has 2 aromatic heterocycles. The van der Waals surface area contributed by atoms with Gasteiger partial charge in [-0.05, 0) is 41.4 Å². The molecule has 3 rings (SSSR count). The van der Waals surface area contributed by atoms with Crippen molar-refractivity contribution in [2.45, 2.75) is 31.7 Å². The lowest BCUT2D eigenvalue weighted by Gasteiger charge is -2.29. The van der Waals surface area contributed by atoms with E-state index in [1.807, 2.05) is 11.4 Å². The van der Waals surface area contributed by atoms with Gasteiger partial charge in [-0.2, -0.15) is 4.98 Å². The molecule has 3 heterocycles. The first-order chi connectivity index (χ1) is 10.3. The summed E-state index contributed by atoms with van der Waals surface area (Å²) in [4.78, 5) is 5.57. The van der Waals surface area contributed by atoms with Crippen LogP contribution in [-0.4, -0.2) is 35.9 Å². The molecule has 1 N–H and O–H groups in total. The largest absolute Gasteiger partial charge is 0.381 e. The molecule has 0 amide bonds. The number of hydrogen-bond acceptors (Lipinski definition) is 6. The van der Waals surface area contributed by atoms with Crippen LogP contribution in [0.25, 0.3) is 10.7 Å². The standard InChI is InChI=1S/C14H18BrN3O2S/c1-2-4-16-11-3-5-19-7-10(11)14-17-13(18-20-14)12-6-9(15)8-21-12/h6,8,10-11,16H,2-5,7H2,1H3. The number of halogens is 1. The number of nitrogens with zero attached hydrogens (tertiary/aromatic N) is 2. The fourth-order valence-electron chi connectivity index (χ4n) is 2.47. The van der Waals surface area contributed by atoms with Crippen LogP contribution < -0.4 is 5.32 Å². The molecule has 0 bridgehead atoms. The van der Waals surface area contributed by atoms with Gasteiger partial charge in [-0.3, -0.25) is 0 Å². The van der Waals surface area contributed by atoms with E-state index in [1.165, 1.54) is 0 Å². The van der Waals surface area contributed by atoms with E-state index in [0.717, 1.165) is 35.3 Å². The molecule has 1 saturated heterocycles. The molecule has 0 aliphatic carbocycles. The lowest BCUT2D eigenvalue weighted by Crippen LogP contribution is -2.41. The molecule has 5 nitrogen and oxygen atoms in total. The van der Waals surface area contributed by atoms with Gasteiger partial charge in [0.1, 0.15) is 0 Å². The van der Waals surface area contributed by atoms with E-state index >= 15 is 0 Å². The molecule has 0 aromatic carbocycles. The van der Waals surface area contributed by atoms with Gasteiger partial charge >= 0.3 is 0 Å². The lowest BCUT2D eigenvalue weighted by molar-refractivity contribution is 0.0498. The van der Waals surface area contributed by atoms with Crippen LogP contribution in [-0.2, 0) is 4.74 Å². The highest BCUT2D eigenvalue weighted by molar-refractivity contribution is 9.10. The molecule has 0 saturated carbocycles. The molecule has 1 fully saturated rings. The molecule has 21 heavy (non-hydrogen) atoms. The Bertz CT molecular complexity index is 586. The van der Waals surface area contributed by atoms with Crippen molar-refractivity contribution in [3.8, 4) is 10.7 Å². The van der Waals surface area contributed by atoms with Crippen LogP contribution in [0.1, 0.15) is 31.6 Å². The van der Waals surface area contributed by atoms with E-state index in [-0.39, 0.29) is 5.92 Å². The molecule has 114 valence electrons. The second-order valence-electron chi connectivity index (χ2n) is 5.12. The molecular weight excluding hydrogens is 354 g/mol. The van der Waals surface area contributed by atoms with Crippen LogP contribution in [0.2, 0.25) is 0 Å². The maximum atomic E-state index is 5.59. The molecule has 7 heteroatoms. The maximum Gasteiger partial charge on any atom is 0.234 e. The summed E-state index contributed by atoms with van der Waals surface area (Å²) >= 11 is 5.04. The summed E-state index contributed by atoms with van der Waals surface area (Å²) in [5, 5.41) is 9.68. The third-order valence-electron chi connectivity index (χ3n) is 3.56.